The molecule has 0 bridgehead atoms. The molecule has 0 aromatic heterocycles. The van der Waals surface area contributed by atoms with E-state index >= 15 is 0 Å². The van der Waals surface area contributed by atoms with Gasteiger partial charge in [0.25, 0.3) is 0 Å². The summed E-state index contributed by atoms with van der Waals surface area (Å²) in [6, 6.07) is 6.62. The van der Waals surface area contributed by atoms with Gasteiger partial charge in [-0.25, -0.2) is 10.8 Å². The molecule has 1 fully saturated rings. The molecule has 0 amide bonds. The van der Waals surface area contributed by atoms with Crippen LogP contribution in [0, 0.1) is 0 Å². The fourth-order valence-electron chi connectivity index (χ4n) is 1.88. The zero-order valence-corrected chi connectivity index (χ0v) is 9.57. The van der Waals surface area contributed by atoms with Gasteiger partial charge in [-0.05, 0) is 36.1 Å². The van der Waals surface area contributed by atoms with Crippen molar-refractivity contribution >= 4 is 11.6 Å². The molecule has 1 aromatic rings. The van der Waals surface area contributed by atoms with Crippen molar-refractivity contribution in [2.24, 2.45) is 10.8 Å². The minimum Gasteiger partial charge on any atom is -0.372 e. The quantitative estimate of drug-likeness (QED) is 0.309. The second kappa shape index (κ2) is 4.35. The van der Waals surface area contributed by atoms with Crippen LogP contribution in [0.15, 0.2) is 23.2 Å². The number of anilines is 1. The van der Waals surface area contributed by atoms with E-state index in [1.54, 1.807) is 0 Å². The van der Waals surface area contributed by atoms with Gasteiger partial charge >= 0.3 is 0 Å². The van der Waals surface area contributed by atoms with Gasteiger partial charge in [-0.3, -0.25) is 5.43 Å². The first-order chi connectivity index (χ1) is 8.35. The summed E-state index contributed by atoms with van der Waals surface area (Å²) in [5.74, 6) is 6.07. The molecule has 4 N–H and O–H groups in total. The largest absolute Gasteiger partial charge is 0.372 e. The van der Waals surface area contributed by atoms with E-state index in [4.69, 9.17) is 10.6 Å². The van der Waals surface area contributed by atoms with E-state index in [-0.39, 0.29) is 0 Å². The Labute approximate surface area is 100 Å². The van der Waals surface area contributed by atoms with Gasteiger partial charge in [-0.15, -0.1) is 0 Å². The van der Waals surface area contributed by atoms with Crippen molar-refractivity contribution in [1.82, 2.24) is 5.43 Å². The van der Waals surface area contributed by atoms with Crippen molar-refractivity contribution in [3.8, 4) is 0 Å². The van der Waals surface area contributed by atoms with Crippen LogP contribution in [0.4, 0.5) is 5.69 Å². The van der Waals surface area contributed by atoms with E-state index in [1.807, 2.05) is 6.07 Å². The molecule has 1 aromatic carbocycles. The van der Waals surface area contributed by atoms with Crippen LogP contribution in [-0.2, 0) is 18.0 Å². The highest BCUT2D eigenvalue weighted by molar-refractivity contribution is 5.93. The minimum atomic E-state index is 0.436. The summed E-state index contributed by atoms with van der Waals surface area (Å²) in [5.41, 5.74) is 6.08. The summed E-state index contributed by atoms with van der Waals surface area (Å²) < 4.78 is 5.38. The van der Waals surface area contributed by atoms with Crippen LogP contribution in [0.1, 0.15) is 24.0 Å². The number of ether oxygens (including phenoxy) is 1. The van der Waals surface area contributed by atoms with Crippen molar-refractivity contribution in [2.45, 2.75) is 32.1 Å². The second-order valence-corrected chi connectivity index (χ2v) is 4.45. The monoisotopic (exact) mass is 232 g/mol. The van der Waals surface area contributed by atoms with E-state index in [0.717, 1.165) is 18.5 Å². The highest BCUT2D eigenvalue weighted by atomic mass is 16.5. The number of rotatable bonds is 2. The van der Waals surface area contributed by atoms with Crippen LogP contribution in [0.2, 0.25) is 0 Å². The summed E-state index contributed by atoms with van der Waals surface area (Å²) in [6.07, 6.45) is 2.32. The summed E-state index contributed by atoms with van der Waals surface area (Å²) in [7, 11) is 0. The van der Waals surface area contributed by atoms with Crippen molar-refractivity contribution < 1.29 is 4.74 Å². The lowest BCUT2D eigenvalue weighted by atomic mass is 10.1. The smallest absolute Gasteiger partial charge is 0.210 e. The third-order valence-corrected chi connectivity index (χ3v) is 2.98. The topological polar surface area (TPSA) is 71.7 Å². The molecule has 2 aliphatic rings. The molecule has 5 nitrogen and oxygen atoms in total. The Bertz CT molecular complexity index is 454. The van der Waals surface area contributed by atoms with Crippen LogP contribution in [-0.4, -0.2) is 12.0 Å². The highest BCUT2D eigenvalue weighted by Gasteiger charge is 2.21. The van der Waals surface area contributed by atoms with Gasteiger partial charge in [0.15, 0.2) is 0 Å². The van der Waals surface area contributed by atoms with E-state index in [1.165, 1.54) is 11.1 Å². The molecule has 3 rings (SSSR count). The van der Waals surface area contributed by atoms with Gasteiger partial charge in [-0.1, -0.05) is 6.07 Å². The third kappa shape index (κ3) is 2.40. The van der Waals surface area contributed by atoms with Crippen LogP contribution >= 0.6 is 0 Å². The van der Waals surface area contributed by atoms with E-state index < -0.39 is 0 Å². The Hall–Kier alpha value is -1.59. The SMILES string of the molecule is NNC(=NC1CC1)Nc1ccc2c(c1)COC2. The molecule has 0 atom stereocenters. The third-order valence-electron chi connectivity index (χ3n) is 2.98. The molecule has 90 valence electrons. The lowest BCUT2D eigenvalue weighted by Crippen LogP contribution is -2.36. The number of nitrogens with two attached hydrogens (primary N) is 1. The Morgan fingerprint density at radius 2 is 2.12 bits per heavy atom. The Kier molecular flexibility index (Phi) is 2.70. The van der Waals surface area contributed by atoms with Crippen molar-refractivity contribution in [1.29, 1.82) is 0 Å². The van der Waals surface area contributed by atoms with Gasteiger partial charge in [0.1, 0.15) is 0 Å². The van der Waals surface area contributed by atoms with E-state index in [2.05, 4.69) is 27.9 Å². The zero-order valence-electron chi connectivity index (χ0n) is 9.57. The van der Waals surface area contributed by atoms with Crippen molar-refractivity contribution in [3.63, 3.8) is 0 Å². The van der Waals surface area contributed by atoms with Gasteiger partial charge in [0, 0.05) is 5.69 Å². The number of hydrogen-bond donors (Lipinski definition) is 3. The standard InChI is InChI=1S/C12H16N4O/c13-16-12(14-10-3-4-10)15-11-2-1-8-6-17-7-9(8)5-11/h1-2,5,10H,3-4,6-7,13H2,(H2,14,15,16). The van der Waals surface area contributed by atoms with Crippen LogP contribution in [0.3, 0.4) is 0 Å². The molecule has 17 heavy (non-hydrogen) atoms. The summed E-state index contributed by atoms with van der Waals surface area (Å²) in [5, 5.41) is 3.19. The maximum atomic E-state index is 5.44. The molecular formula is C12H16N4O. The average molecular weight is 232 g/mol. The summed E-state index contributed by atoms with van der Waals surface area (Å²) in [6.45, 7) is 1.41. The minimum absolute atomic E-state index is 0.436. The van der Waals surface area contributed by atoms with E-state index in [9.17, 15) is 0 Å². The number of aliphatic imine (C=N–C) groups is 1. The van der Waals surface area contributed by atoms with Crippen molar-refractivity contribution in [3.05, 3.63) is 29.3 Å². The number of hydrogen-bond acceptors (Lipinski definition) is 3. The Morgan fingerprint density at radius 1 is 1.29 bits per heavy atom. The lowest BCUT2D eigenvalue weighted by molar-refractivity contribution is 0.134. The number of nitrogens with one attached hydrogen (secondary N) is 2. The molecule has 0 radical (unpaired) electrons. The predicted octanol–water partition coefficient (Wildman–Crippen LogP) is 1.11. The maximum absolute atomic E-state index is 5.44. The highest BCUT2D eigenvalue weighted by Crippen LogP contribution is 2.25. The first kappa shape index (κ1) is 10.6. The second-order valence-electron chi connectivity index (χ2n) is 4.45. The molecule has 0 saturated heterocycles. The number of nitrogens with zero attached hydrogens (tertiary/aromatic N) is 1. The number of fused-ring (bicyclic) bond motifs is 1. The fourth-order valence-corrected chi connectivity index (χ4v) is 1.88. The van der Waals surface area contributed by atoms with Crippen molar-refractivity contribution in [2.75, 3.05) is 5.32 Å². The number of guanidine groups is 1. The molecule has 1 heterocycles. The predicted molar refractivity (Wildman–Crippen MR) is 66.3 cm³/mol. The normalized spacial score (nSPS) is 19.0. The van der Waals surface area contributed by atoms with Crippen LogP contribution in [0.25, 0.3) is 0 Å². The average Bonchev–Trinajstić information content (AvgIpc) is 3.04. The maximum Gasteiger partial charge on any atom is 0.210 e. The van der Waals surface area contributed by atoms with Crippen LogP contribution in [0.5, 0.6) is 0 Å². The number of benzene rings is 1. The first-order valence-electron chi connectivity index (χ1n) is 5.86. The molecule has 1 saturated carbocycles. The lowest BCUT2D eigenvalue weighted by Gasteiger charge is -2.10. The summed E-state index contributed by atoms with van der Waals surface area (Å²) >= 11 is 0. The molecule has 0 unspecified atom stereocenters. The molecular weight excluding hydrogens is 216 g/mol. The van der Waals surface area contributed by atoms with Gasteiger partial charge in [0.05, 0.1) is 19.3 Å². The Balaban J connectivity index is 1.75. The Morgan fingerprint density at radius 3 is 2.88 bits per heavy atom. The van der Waals surface area contributed by atoms with Gasteiger partial charge < -0.3 is 10.1 Å². The summed E-state index contributed by atoms with van der Waals surface area (Å²) in [4.78, 5) is 4.43. The first-order valence-corrected chi connectivity index (χ1v) is 5.86. The fraction of sp³-hybridized carbons (Fsp3) is 0.417. The molecule has 1 aliphatic carbocycles. The van der Waals surface area contributed by atoms with Gasteiger partial charge in [-0.2, -0.15) is 0 Å². The molecule has 0 spiro atoms. The van der Waals surface area contributed by atoms with Gasteiger partial charge in [0.2, 0.25) is 5.96 Å². The van der Waals surface area contributed by atoms with E-state index in [0.29, 0.717) is 25.2 Å². The molecule has 1 aliphatic heterocycles. The molecule has 5 heteroatoms. The van der Waals surface area contributed by atoms with Crippen LogP contribution < -0.4 is 16.6 Å². The zero-order chi connectivity index (χ0) is 11.7. The number of hydrazine groups is 1.